The molecule has 3 fully saturated rings. The molecule has 0 aromatic carbocycles. The van der Waals surface area contributed by atoms with Gasteiger partial charge in [-0.3, -0.25) is 9.59 Å². The van der Waals surface area contributed by atoms with Crippen molar-refractivity contribution in [2.45, 2.75) is 38.3 Å². The third-order valence-electron chi connectivity index (χ3n) is 5.08. The van der Waals surface area contributed by atoms with Gasteiger partial charge in [-0.25, -0.2) is 0 Å². The van der Waals surface area contributed by atoms with Crippen LogP contribution in [0.4, 0.5) is 0 Å². The van der Waals surface area contributed by atoms with Gasteiger partial charge in [-0.05, 0) is 38.1 Å². The highest BCUT2D eigenvalue weighted by molar-refractivity contribution is 5.90. The van der Waals surface area contributed by atoms with E-state index in [0.29, 0.717) is 38.1 Å². The summed E-state index contributed by atoms with van der Waals surface area (Å²) in [4.78, 5) is 26.5. The third kappa shape index (κ3) is 3.06. The minimum Gasteiger partial charge on any atom is -0.378 e. The van der Waals surface area contributed by atoms with Crippen molar-refractivity contribution in [2.75, 3.05) is 32.8 Å². The van der Waals surface area contributed by atoms with E-state index in [-0.39, 0.29) is 17.9 Å². The first-order valence-corrected chi connectivity index (χ1v) is 8.07. The quantitative estimate of drug-likeness (QED) is 0.752. The van der Waals surface area contributed by atoms with Gasteiger partial charge in [-0.2, -0.15) is 0 Å². The second-order valence-electron chi connectivity index (χ2n) is 6.41. The summed E-state index contributed by atoms with van der Waals surface area (Å²) in [6.45, 7) is 5.11. The number of amides is 2. The van der Waals surface area contributed by atoms with Gasteiger partial charge in [0, 0.05) is 13.1 Å². The lowest BCUT2D eigenvalue weighted by Gasteiger charge is -2.30. The first-order chi connectivity index (χ1) is 10.2. The van der Waals surface area contributed by atoms with E-state index in [2.05, 4.69) is 10.6 Å². The Morgan fingerprint density at radius 2 is 2.05 bits per heavy atom. The molecule has 118 valence electrons. The molecule has 2 saturated heterocycles. The molecular weight excluding hydrogens is 270 g/mol. The Bertz CT molecular complexity index is 409. The predicted molar refractivity (Wildman–Crippen MR) is 77.6 cm³/mol. The Labute approximate surface area is 125 Å². The van der Waals surface area contributed by atoms with Crippen LogP contribution in [-0.4, -0.2) is 61.6 Å². The maximum atomic E-state index is 12.4. The zero-order valence-electron chi connectivity index (χ0n) is 12.6. The van der Waals surface area contributed by atoms with Gasteiger partial charge < -0.3 is 20.3 Å². The van der Waals surface area contributed by atoms with Crippen LogP contribution >= 0.6 is 0 Å². The number of fused-ring (bicyclic) bond motifs is 1. The number of rotatable bonds is 3. The number of nitrogens with one attached hydrogen (secondary N) is 2. The van der Waals surface area contributed by atoms with Gasteiger partial charge >= 0.3 is 0 Å². The van der Waals surface area contributed by atoms with Crippen LogP contribution in [0, 0.1) is 11.8 Å². The van der Waals surface area contributed by atoms with Crippen LogP contribution in [-0.2, 0) is 14.3 Å². The average molecular weight is 295 g/mol. The van der Waals surface area contributed by atoms with Crippen LogP contribution in [0.1, 0.15) is 26.2 Å². The Balaban J connectivity index is 1.53. The Hall–Kier alpha value is -1.14. The van der Waals surface area contributed by atoms with Crippen molar-refractivity contribution in [3.05, 3.63) is 0 Å². The molecule has 1 aliphatic carbocycles. The zero-order chi connectivity index (χ0) is 14.8. The summed E-state index contributed by atoms with van der Waals surface area (Å²) >= 11 is 0. The summed E-state index contributed by atoms with van der Waals surface area (Å²) in [6, 6.07) is -0.574. The highest BCUT2D eigenvalue weighted by Gasteiger charge is 2.42. The van der Waals surface area contributed by atoms with Gasteiger partial charge in [0.15, 0.2) is 0 Å². The fraction of sp³-hybridized carbons (Fsp3) is 0.867. The summed E-state index contributed by atoms with van der Waals surface area (Å²) in [5.41, 5.74) is 0. The van der Waals surface area contributed by atoms with E-state index in [1.165, 1.54) is 12.8 Å². The van der Waals surface area contributed by atoms with Crippen molar-refractivity contribution in [3.8, 4) is 0 Å². The lowest BCUT2D eigenvalue weighted by atomic mass is 9.93. The minimum absolute atomic E-state index is 0.00683. The lowest BCUT2D eigenvalue weighted by molar-refractivity contribution is -0.139. The maximum Gasteiger partial charge on any atom is 0.245 e. The third-order valence-corrected chi connectivity index (χ3v) is 5.08. The number of morpholine rings is 1. The predicted octanol–water partition coefficient (Wildman–Crippen LogP) is -0.262. The van der Waals surface area contributed by atoms with Gasteiger partial charge in [-0.15, -0.1) is 0 Å². The van der Waals surface area contributed by atoms with E-state index >= 15 is 0 Å². The molecule has 2 N–H and O–H groups in total. The van der Waals surface area contributed by atoms with Crippen LogP contribution in [0.2, 0.25) is 0 Å². The molecule has 4 atom stereocenters. The Morgan fingerprint density at radius 1 is 1.29 bits per heavy atom. The molecule has 6 heteroatoms. The first-order valence-electron chi connectivity index (χ1n) is 8.07. The van der Waals surface area contributed by atoms with Crippen LogP contribution in [0.25, 0.3) is 0 Å². The summed E-state index contributed by atoms with van der Waals surface area (Å²) in [7, 11) is 0. The molecule has 4 unspecified atom stereocenters. The van der Waals surface area contributed by atoms with E-state index in [1.54, 1.807) is 11.8 Å². The molecule has 21 heavy (non-hydrogen) atoms. The normalized spacial score (nSPS) is 33.6. The average Bonchev–Trinajstić information content (AvgIpc) is 3.09. The summed E-state index contributed by atoms with van der Waals surface area (Å²) < 4.78 is 5.25. The molecule has 2 heterocycles. The second-order valence-corrected chi connectivity index (χ2v) is 6.41. The lowest BCUT2D eigenvalue weighted by Crippen LogP contribution is -2.54. The first kappa shape index (κ1) is 14.8. The number of nitrogens with zero attached hydrogens (tertiary/aromatic N) is 1. The molecule has 0 aromatic heterocycles. The van der Waals surface area contributed by atoms with Crippen molar-refractivity contribution >= 4 is 11.8 Å². The topological polar surface area (TPSA) is 70.7 Å². The van der Waals surface area contributed by atoms with Gasteiger partial charge in [-0.1, -0.05) is 6.42 Å². The molecule has 2 aliphatic heterocycles. The van der Waals surface area contributed by atoms with Crippen molar-refractivity contribution in [1.29, 1.82) is 0 Å². The Kier molecular flexibility index (Phi) is 4.45. The Morgan fingerprint density at radius 3 is 2.81 bits per heavy atom. The van der Waals surface area contributed by atoms with Crippen LogP contribution in [0.5, 0.6) is 0 Å². The SMILES string of the molecule is CC(NC(=O)C1NCC2CCCC21)C(=O)N1CCOCC1. The van der Waals surface area contributed by atoms with Crippen LogP contribution in [0.15, 0.2) is 0 Å². The molecule has 2 amide bonds. The molecule has 0 bridgehead atoms. The molecule has 0 radical (unpaired) electrons. The summed E-state index contributed by atoms with van der Waals surface area (Å²) in [5, 5.41) is 6.22. The highest BCUT2D eigenvalue weighted by atomic mass is 16.5. The van der Waals surface area contributed by atoms with Crippen molar-refractivity contribution in [1.82, 2.24) is 15.5 Å². The molecule has 0 spiro atoms. The van der Waals surface area contributed by atoms with E-state index in [1.807, 2.05) is 0 Å². The fourth-order valence-corrected chi connectivity index (χ4v) is 3.90. The minimum atomic E-state index is -0.460. The number of ether oxygens (including phenoxy) is 1. The van der Waals surface area contributed by atoms with Gasteiger partial charge in [0.25, 0.3) is 0 Å². The van der Waals surface area contributed by atoms with Crippen molar-refractivity contribution in [3.63, 3.8) is 0 Å². The second kappa shape index (κ2) is 6.32. The molecule has 3 rings (SSSR count). The highest BCUT2D eigenvalue weighted by Crippen LogP contribution is 2.37. The van der Waals surface area contributed by atoms with E-state index in [9.17, 15) is 9.59 Å². The molecular formula is C15H25N3O3. The number of carbonyl (C=O) groups is 2. The standard InChI is InChI=1S/C15H25N3O3/c1-10(15(20)18-5-7-21-8-6-18)17-14(19)13-12-4-2-3-11(12)9-16-13/h10-13,16H,2-9H2,1H3,(H,17,19). The number of hydrogen-bond acceptors (Lipinski definition) is 4. The smallest absolute Gasteiger partial charge is 0.245 e. The molecule has 3 aliphatic rings. The fourth-order valence-electron chi connectivity index (χ4n) is 3.90. The van der Waals surface area contributed by atoms with Gasteiger partial charge in [0.05, 0.1) is 19.3 Å². The van der Waals surface area contributed by atoms with E-state index in [0.717, 1.165) is 13.0 Å². The zero-order valence-corrected chi connectivity index (χ0v) is 12.6. The molecule has 1 saturated carbocycles. The monoisotopic (exact) mass is 295 g/mol. The van der Waals surface area contributed by atoms with Crippen molar-refractivity contribution in [2.24, 2.45) is 11.8 Å². The van der Waals surface area contributed by atoms with E-state index < -0.39 is 6.04 Å². The van der Waals surface area contributed by atoms with Gasteiger partial charge in [0.1, 0.15) is 6.04 Å². The molecule has 6 nitrogen and oxygen atoms in total. The molecule has 0 aromatic rings. The van der Waals surface area contributed by atoms with Gasteiger partial charge in [0.2, 0.25) is 11.8 Å². The van der Waals surface area contributed by atoms with Crippen LogP contribution < -0.4 is 10.6 Å². The van der Waals surface area contributed by atoms with E-state index in [4.69, 9.17) is 4.74 Å². The summed E-state index contributed by atoms with van der Waals surface area (Å²) in [6.07, 6.45) is 3.58. The maximum absolute atomic E-state index is 12.4. The van der Waals surface area contributed by atoms with Crippen LogP contribution in [0.3, 0.4) is 0 Å². The summed E-state index contributed by atoms with van der Waals surface area (Å²) in [5.74, 6) is 1.08. The van der Waals surface area contributed by atoms with Crippen molar-refractivity contribution < 1.29 is 14.3 Å². The largest absolute Gasteiger partial charge is 0.378 e. The number of hydrogen-bond donors (Lipinski definition) is 2. The number of carbonyl (C=O) groups excluding carboxylic acids is 2.